The molecule has 0 atom stereocenters. The first-order valence-corrected chi connectivity index (χ1v) is 10.5. The highest BCUT2D eigenvalue weighted by molar-refractivity contribution is 7.09. The van der Waals surface area contributed by atoms with Gasteiger partial charge < -0.3 is 9.64 Å². The maximum absolute atomic E-state index is 12.5. The lowest BCUT2D eigenvalue weighted by Gasteiger charge is -2.25. The van der Waals surface area contributed by atoms with Gasteiger partial charge in [0.25, 0.3) is 0 Å². The van der Waals surface area contributed by atoms with Crippen LogP contribution in [0.2, 0.25) is 0 Å². The van der Waals surface area contributed by atoms with Gasteiger partial charge in [0.1, 0.15) is 17.4 Å². The van der Waals surface area contributed by atoms with Crippen LogP contribution in [0.5, 0.6) is 5.75 Å². The summed E-state index contributed by atoms with van der Waals surface area (Å²) in [7, 11) is 0. The molecule has 0 unspecified atom stereocenters. The van der Waals surface area contributed by atoms with E-state index in [1.165, 1.54) is 16.7 Å². The van der Waals surface area contributed by atoms with Crippen LogP contribution < -0.4 is 4.74 Å². The number of carbonyl (C=O) groups excluding carboxylic acids is 1. The summed E-state index contributed by atoms with van der Waals surface area (Å²) >= 11 is 1.59. The van der Waals surface area contributed by atoms with Gasteiger partial charge in [-0.3, -0.25) is 4.79 Å². The highest BCUT2D eigenvalue weighted by Gasteiger charge is 2.19. The van der Waals surface area contributed by atoms with Gasteiger partial charge in [0, 0.05) is 17.8 Å². The zero-order valence-corrected chi connectivity index (χ0v) is 18.4. The summed E-state index contributed by atoms with van der Waals surface area (Å²) in [6, 6.07) is 4.24. The molecule has 0 saturated heterocycles. The maximum Gasteiger partial charge on any atom is 0.225 e. The van der Waals surface area contributed by atoms with Gasteiger partial charge in [-0.15, -0.1) is 11.3 Å². The molecule has 0 aliphatic carbocycles. The lowest BCUT2D eigenvalue weighted by atomic mass is 10.1. The topological polar surface area (TPSA) is 42.4 Å². The van der Waals surface area contributed by atoms with Crippen LogP contribution in [-0.4, -0.2) is 22.3 Å². The smallest absolute Gasteiger partial charge is 0.225 e. The Kier molecular flexibility index (Phi) is 7.42. The molecule has 0 radical (unpaired) electrons. The number of amides is 1. The van der Waals surface area contributed by atoms with E-state index in [0.29, 0.717) is 19.1 Å². The van der Waals surface area contributed by atoms with Crippen molar-refractivity contribution in [3.05, 3.63) is 44.9 Å². The average molecular weight is 389 g/mol. The van der Waals surface area contributed by atoms with Crippen LogP contribution in [0.4, 0.5) is 0 Å². The van der Waals surface area contributed by atoms with Gasteiger partial charge >= 0.3 is 0 Å². The van der Waals surface area contributed by atoms with Crippen LogP contribution in [0.1, 0.15) is 55.1 Å². The lowest BCUT2D eigenvalue weighted by Crippen LogP contribution is -2.36. The summed E-state index contributed by atoms with van der Waals surface area (Å²) in [5, 5.41) is 2.97. The van der Waals surface area contributed by atoms with Crippen LogP contribution in [0, 0.1) is 32.6 Å². The molecular formula is C22H32N2O2S. The highest BCUT2D eigenvalue weighted by Crippen LogP contribution is 2.25. The molecule has 1 aromatic heterocycles. The second-order valence-corrected chi connectivity index (χ2v) is 8.94. The largest absolute Gasteiger partial charge is 0.486 e. The van der Waals surface area contributed by atoms with Crippen molar-refractivity contribution in [2.24, 2.45) is 11.8 Å². The molecule has 5 heteroatoms. The van der Waals surface area contributed by atoms with Crippen molar-refractivity contribution < 1.29 is 9.53 Å². The monoisotopic (exact) mass is 388 g/mol. The van der Waals surface area contributed by atoms with Gasteiger partial charge in [0.15, 0.2) is 0 Å². The third kappa shape index (κ3) is 6.06. The van der Waals surface area contributed by atoms with E-state index in [1.807, 2.05) is 24.1 Å². The number of benzene rings is 1. The zero-order chi connectivity index (χ0) is 20.1. The number of hydrogen-bond acceptors (Lipinski definition) is 4. The van der Waals surface area contributed by atoms with Crippen LogP contribution in [0.15, 0.2) is 17.5 Å². The summed E-state index contributed by atoms with van der Waals surface area (Å²) in [5.41, 5.74) is 4.54. The number of thiazole rings is 1. The van der Waals surface area contributed by atoms with E-state index in [1.54, 1.807) is 11.3 Å². The number of ether oxygens (including phenoxy) is 1. The van der Waals surface area contributed by atoms with Crippen molar-refractivity contribution >= 4 is 17.2 Å². The van der Waals surface area contributed by atoms with Crippen LogP contribution in [0.3, 0.4) is 0 Å². The standard InChI is InChI=1S/C22H32N2O2S/c1-14(2)10-24(22(25)15(3)4)11-19-13-27-21(23-19)12-26-20-9-16(5)8-17(6)18(20)7/h8-9,13-15H,10-12H2,1-7H3. The molecule has 148 valence electrons. The Labute approximate surface area is 167 Å². The third-order valence-corrected chi connectivity index (χ3v) is 5.33. The quantitative estimate of drug-likeness (QED) is 0.617. The number of nitrogens with zero attached hydrogens (tertiary/aromatic N) is 2. The van der Waals surface area contributed by atoms with Gasteiger partial charge in [-0.1, -0.05) is 33.8 Å². The molecule has 0 fully saturated rings. The van der Waals surface area contributed by atoms with E-state index >= 15 is 0 Å². The number of rotatable bonds is 8. The molecule has 0 N–H and O–H groups in total. The van der Waals surface area contributed by atoms with E-state index in [-0.39, 0.29) is 11.8 Å². The molecule has 1 amide bonds. The SMILES string of the molecule is Cc1cc(C)c(C)c(OCc2nc(CN(CC(C)C)C(=O)C(C)C)cs2)c1. The van der Waals surface area contributed by atoms with E-state index in [2.05, 4.69) is 51.7 Å². The number of aromatic nitrogens is 1. The van der Waals surface area contributed by atoms with E-state index in [0.717, 1.165) is 23.0 Å². The van der Waals surface area contributed by atoms with Gasteiger partial charge in [-0.05, 0) is 49.4 Å². The number of carbonyl (C=O) groups is 1. The molecule has 1 aromatic carbocycles. The van der Waals surface area contributed by atoms with Crippen molar-refractivity contribution in [3.8, 4) is 5.75 Å². The summed E-state index contributed by atoms with van der Waals surface area (Å²) < 4.78 is 6.02. The van der Waals surface area contributed by atoms with Gasteiger partial charge in [-0.2, -0.15) is 0 Å². The Balaban J connectivity index is 2.04. The minimum Gasteiger partial charge on any atom is -0.486 e. The first-order valence-electron chi connectivity index (χ1n) is 9.60. The summed E-state index contributed by atoms with van der Waals surface area (Å²) in [4.78, 5) is 19.1. The average Bonchev–Trinajstić information content (AvgIpc) is 3.02. The predicted molar refractivity (Wildman–Crippen MR) is 112 cm³/mol. The van der Waals surface area contributed by atoms with Crippen molar-refractivity contribution in [1.82, 2.24) is 9.88 Å². The first kappa shape index (κ1) is 21.4. The minimum atomic E-state index is -0.00211. The highest BCUT2D eigenvalue weighted by atomic mass is 32.1. The molecule has 2 aromatic rings. The predicted octanol–water partition coefficient (Wildman–Crippen LogP) is 5.29. The Morgan fingerprint density at radius 1 is 1.19 bits per heavy atom. The maximum atomic E-state index is 12.5. The first-order chi connectivity index (χ1) is 12.7. The van der Waals surface area contributed by atoms with E-state index < -0.39 is 0 Å². The molecule has 0 saturated carbocycles. The molecule has 0 bridgehead atoms. The van der Waals surface area contributed by atoms with Crippen molar-refractivity contribution in [1.29, 1.82) is 0 Å². The summed E-state index contributed by atoms with van der Waals surface area (Å²) in [5.74, 6) is 1.53. The molecule has 2 rings (SSSR count). The van der Waals surface area contributed by atoms with Crippen LogP contribution in [-0.2, 0) is 17.9 Å². The second-order valence-electron chi connectivity index (χ2n) is 7.99. The second kappa shape index (κ2) is 9.36. The summed E-state index contributed by atoms with van der Waals surface area (Å²) in [6.07, 6.45) is 0. The van der Waals surface area contributed by atoms with Crippen LogP contribution >= 0.6 is 11.3 Å². The fourth-order valence-electron chi connectivity index (χ4n) is 3.01. The Hall–Kier alpha value is -1.88. The Morgan fingerprint density at radius 2 is 1.89 bits per heavy atom. The van der Waals surface area contributed by atoms with Crippen molar-refractivity contribution in [3.63, 3.8) is 0 Å². The fourth-order valence-corrected chi connectivity index (χ4v) is 3.71. The molecule has 1 heterocycles. The Bertz CT molecular complexity index is 781. The van der Waals surface area contributed by atoms with Gasteiger partial charge in [0.2, 0.25) is 5.91 Å². The number of aryl methyl sites for hydroxylation is 2. The normalized spacial score (nSPS) is 11.3. The molecule has 0 aliphatic heterocycles. The van der Waals surface area contributed by atoms with E-state index in [4.69, 9.17) is 4.74 Å². The van der Waals surface area contributed by atoms with Gasteiger partial charge in [0.05, 0.1) is 12.2 Å². The molecule has 27 heavy (non-hydrogen) atoms. The lowest BCUT2D eigenvalue weighted by molar-refractivity contribution is -0.135. The molecule has 0 aliphatic rings. The Morgan fingerprint density at radius 3 is 2.52 bits per heavy atom. The van der Waals surface area contributed by atoms with Crippen molar-refractivity contribution in [2.45, 2.75) is 61.6 Å². The van der Waals surface area contributed by atoms with E-state index in [9.17, 15) is 4.79 Å². The minimum absolute atomic E-state index is 0.00211. The molecule has 4 nitrogen and oxygen atoms in total. The molecular weight excluding hydrogens is 356 g/mol. The zero-order valence-electron chi connectivity index (χ0n) is 17.6. The third-order valence-electron chi connectivity index (χ3n) is 4.46. The van der Waals surface area contributed by atoms with Crippen molar-refractivity contribution in [2.75, 3.05) is 6.54 Å². The number of hydrogen-bond donors (Lipinski definition) is 0. The fraction of sp³-hybridized carbons (Fsp3) is 0.545. The van der Waals surface area contributed by atoms with Crippen LogP contribution in [0.25, 0.3) is 0 Å². The molecule has 0 spiro atoms. The summed E-state index contributed by atoms with van der Waals surface area (Å²) in [6.45, 7) is 16.2. The van der Waals surface area contributed by atoms with Gasteiger partial charge in [-0.25, -0.2) is 4.98 Å².